The summed E-state index contributed by atoms with van der Waals surface area (Å²) in [5, 5.41) is 20.6. The minimum Gasteiger partial charge on any atom is -0.420 e. The highest BCUT2D eigenvalue weighted by molar-refractivity contribution is 7.98. The Morgan fingerprint density at radius 3 is 2.73 bits per heavy atom. The Labute approximate surface area is 132 Å². The second kappa shape index (κ2) is 6.69. The van der Waals surface area contributed by atoms with Crippen molar-refractivity contribution in [2.45, 2.75) is 31.3 Å². The lowest BCUT2D eigenvalue weighted by Crippen LogP contribution is -2.07. The van der Waals surface area contributed by atoms with Crippen LogP contribution in [0.25, 0.3) is 11.5 Å². The lowest BCUT2D eigenvalue weighted by molar-refractivity contribution is 0.445. The van der Waals surface area contributed by atoms with Crippen LogP contribution in [-0.2, 0) is 12.3 Å². The van der Waals surface area contributed by atoms with Gasteiger partial charge in [0.1, 0.15) is 0 Å². The first-order chi connectivity index (χ1) is 10.7. The van der Waals surface area contributed by atoms with Crippen molar-refractivity contribution in [3.8, 4) is 11.5 Å². The number of hydrogen-bond acceptors (Lipinski definition) is 7. The first-order valence-electron chi connectivity index (χ1n) is 6.99. The third-order valence-electron chi connectivity index (χ3n) is 2.85. The Kier molecular flexibility index (Phi) is 4.47. The molecule has 0 aliphatic rings. The Balaban J connectivity index is 1.65. The molecular formula is C14H16N6OS. The van der Waals surface area contributed by atoms with E-state index in [4.69, 9.17) is 4.42 Å². The molecule has 0 spiro atoms. The Bertz CT molecular complexity index is 724. The first-order valence-corrected chi connectivity index (χ1v) is 7.97. The van der Waals surface area contributed by atoms with Crippen LogP contribution in [0.1, 0.15) is 19.7 Å². The van der Waals surface area contributed by atoms with E-state index >= 15 is 0 Å². The van der Waals surface area contributed by atoms with Gasteiger partial charge in [-0.3, -0.25) is 0 Å². The molecule has 8 heteroatoms. The predicted octanol–water partition coefficient (Wildman–Crippen LogP) is 2.67. The maximum Gasteiger partial charge on any atom is 0.247 e. The molecule has 1 aromatic carbocycles. The lowest BCUT2D eigenvalue weighted by Gasteiger charge is -2.05. The lowest BCUT2D eigenvalue weighted by atomic mass is 10.2. The average molecular weight is 316 g/mol. The van der Waals surface area contributed by atoms with Gasteiger partial charge in [-0.15, -0.1) is 15.3 Å². The van der Waals surface area contributed by atoms with Crippen molar-refractivity contribution in [1.82, 2.24) is 30.4 Å². The van der Waals surface area contributed by atoms with Gasteiger partial charge in [-0.1, -0.05) is 43.8 Å². The van der Waals surface area contributed by atoms with E-state index in [-0.39, 0.29) is 0 Å². The highest BCUT2D eigenvalue weighted by Gasteiger charge is 2.12. The molecule has 2 aromatic heterocycles. The van der Waals surface area contributed by atoms with E-state index < -0.39 is 0 Å². The van der Waals surface area contributed by atoms with Crippen molar-refractivity contribution in [3.05, 3.63) is 36.2 Å². The molecule has 7 nitrogen and oxygen atoms in total. The quantitative estimate of drug-likeness (QED) is 0.646. The summed E-state index contributed by atoms with van der Waals surface area (Å²) in [5.74, 6) is 2.11. The number of thioether (sulfide) groups is 1. The van der Waals surface area contributed by atoms with Crippen molar-refractivity contribution in [1.29, 1.82) is 0 Å². The fraction of sp³-hybridized carbons (Fsp3) is 0.357. The van der Waals surface area contributed by atoms with Gasteiger partial charge in [0.15, 0.2) is 0 Å². The first kappa shape index (κ1) is 14.7. The van der Waals surface area contributed by atoms with Gasteiger partial charge >= 0.3 is 0 Å². The zero-order valence-corrected chi connectivity index (χ0v) is 13.2. The van der Waals surface area contributed by atoms with Gasteiger partial charge in [-0.25, -0.2) is 4.68 Å². The average Bonchev–Trinajstić information content (AvgIpc) is 3.15. The van der Waals surface area contributed by atoms with Crippen molar-refractivity contribution < 1.29 is 4.42 Å². The Morgan fingerprint density at radius 1 is 1.14 bits per heavy atom. The predicted molar refractivity (Wildman–Crippen MR) is 82.0 cm³/mol. The maximum absolute atomic E-state index is 5.67. The van der Waals surface area contributed by atoms with Crippen molar-refractivity contribution >= 4 is 11.8 Å². The van der Waals surface area contributed by atoms with Crippen LogP contribution in [0.2, 0.25) is 0 Å². The molecule has 3 rings (SSSR count). The van der Waals surface area contributed by atoms with E-state index in [0.717, 1.165) is 17.3 Å². The zero-order valence-electron chi connectivity index (χ0n) is 12.4. The van der Waals surface area contributed by atoms with Gasteiger partial charge in [-0.05, 0) is 28.5 Å². The van der Waals surface area contributed by atoms with Crippen LogP contribution < -0.4 is 0 Å². The highest BCUT2D eigenvalue weighted by Crippen LogP contribution is 2.23. The van der Waals surface area contributed by atoms with E-state index in [9.17, 15) is 0 Å². The monoisotopic (exact) mass is 316 g/mol. The molecule has 0 bridgehead atoms. The molecule has 114 valence electrons. The molecule has 2 heterocycles. The van der Waals surface area contributed by atoms with Crippen LogP contribution in [0.5, 0.6) is 0 Å². The summed E-state index contributed by atoms with van der Waals surface area (Å²) in [6.07, 6.45) is 0. The highest BCUT2D eigenvalue weighted by atomic mass is 32.2. The largest absolute Gasteiger partial charge is 0.420 e. The fourth-order valence-electron chi connectivity index (χ4n) is 1.90. The van der Waals surface area contributed by atoms with Crippen LogP contribution in [-0.4, -0.2) is 30.4 Å². The molecular weight excluding hydrogens is 300 g/mol. The smallest absolute Gasteiger partial charge is 0.247 e. The molecule has 0 amide bonds. The molecule has 0 N–H and O–H groups in total. The molecule has 0 atom stereocenters. The van der Waals surface area contributed by atoms with Gasteiger partial charge in [0.2, 0.25) is 16.9 Å². The van der Waals surface area contributed by atoms with E-state index in [2.05, 4.69) is 39.6 Å². The second-order valence-electron chi connectivity index (χ2n) is 5.19. The summed E-state index contributed by atoms with van der Waals surface area (Å²) in [7, 11) is 0. The molecule has 0 aliphatic carbocycles. The number of nitrogens with zero attached hydrogens (tertiary/aromatic N) is 6. The van der Waals surface area contributed by atoms with Gasteiger partial charge in [-0.2, -0.15) is 0 Å². The van der Waals surface area contributed by atoms with Crippen LogP contribution in [0.15, 0.2) is 39.9 Å². The van der Waals surface area contributed by atoms with E-state index in [1.54, 1.807) is 4.68 Å². The number of benzene rings is 1. The van der Waals surface area contributed by atoms with Crippen molar-refractivity contribution in [3.63, 3.8) is 0 Å². The third kappa shape index (κ3) is 3.51. The minimum atomic E-state index is 0.482. The SMILES string of the molecule is CC(C)Cn1nnnc1SCc1nnc(-c2ccccc2)o1. The summed E-state index contributed by atoms with van der Waals surface area (Å²) in [6, 6.07) is 9.70. The molecule has 0 aliphatic heterocycles. The minimum absolute atomic E-state index is 0.482. The summed E-state index contributed by atoms with van der Waals surface area (Å²) in [4.78, 5) is 0. The normalized spacial score (nSPS) is 11.2. The van der Waals surface area contributed by atoms with Crippen LogP contribution >= 0.6 is 11.8 Å². The van der Waals surface area contributed by atoms with Crippen molar-refractivity contribution in [2.75, 3.05) is 0 Å². The summed E-state index contributed by atoms with van der Waals surface area (Å²) in [5.41, 5.74) is 0.913. The molecule has 3 aromatic rings. The second-order valence-corrected chi connectivity index (χ2v) is 6.14. The molecule has 0 radical (unpaired) electrons. The van der Waals surface area contributed by atoms with E-state index in [1.807, 2.05) is 30.3 Å². The molecule has 0 saturated carbocycles. The molecule has 22 heavy (non-hydrogen) atoms. The van der Waals surface area contributed by atoms with Gasteiger partial charge in [0.05, 0.1) is 5.75 Å². The fourth-order valence-corrected chi connectivity index (χ4v) is 2.62. The van der Waals surface area contributed by atoms with Crippen LogP contribution in [0.4, 0.5) is 0 Å². The number of tetrazole rings is 1. The standard InChI is InChI=1S/C14H16N6OS/c1-10(2)8-20-14(17-18-19-20)22-9-12-15-16-13(21-12)11-6-4-3-5-7-11/h3-7,10H,8-9H2,1-2H3. The summed E-state index contributed by atoms with van der Waals surface area (Å²) < 4.78 is 7.46. The van der Waals surface area contributed by atoms with Gasteiger partial charge in [0, 0.05) is 12.1 Å². The Hall–Kier alpha value is -2.22. The van der Waals surface area contributed by atoms with Crippen molar-refractivity contribution in [2.24, 2.45) is 5.92 Å². The summed E-state index contributed by atoms with van der Waals surface area (Å²) >= 11 is 1.49. The van der Waals surface area contributed by atoms with E-state index in [0.29, 0.717) is 23.5 Å². The number of hydrogen-bond donors (Lipinski definition) is 0. The van der Waals surface area contributed by atoms with Gasteiger partial charge < -0.3 is 4.42 Å². The molecule has 0 fully saturated rings. The number of aromatic nitrogens is 6. The summed E-state index contributed by atoms with van der Waals surface area (Å²) in [6.45, 7) is 5.04. The van der Waals surface area contributed by atoms with E-state index in [1.165, 1.54) is 11.8 Å². The van der Waals surface area contributed by atoms with Crippen LogP contribution in [0.3, 0.4) is 0 Å². The van der Waals surface area contributed by atoms with Gasteiger partial charge in [0.25, 0.3) is 0 Å². The zero-order chi connectivity index (χ0) is 15.4. The topological polar surface area (TPSA) is 82.5 Å². The number of rotatable bonds is 6. The maximum atomic E-state index is 5.67. The molecule has 0 saturated heterocycles. The Morgan fingerprint density at radius 2 is 1.95 bits per heavy atom. The third-order valence-corrected chi connectivity index (χ3v) is 3.79. The molecule has 0 unspecified atom stereocenters. The van der Waals surface area contributed by atoms with Crippen LogP contribution in [0, 0.1) is 5.92 Å².